The van der Waals surface area contributed by atoms with E-state index in [0.717, 1.165) is 5.56 Å². The molecule has 110 valence electrons. The SMILES string of the molecule is COc1ncccc1C(=O)NCC(O)Cc1ccccc1. The highest BCUT2D eigenvalue weighted by Gasteiger charge is 2.14. The van der Waals surface area contributed by atoms with Crippen LogP contribution in [0.3, 0.4) is 0 Å². The first-order valence-electron chi connectivity index (χ1n) is 6.70. The van der Waals surface area contributed by atoms with Crippen molar-refractivity contribution in [1.29, 1.82) is 0 Å². The molecule has 2 N–H and O–H groups in total. The summed E-state index contributed by atoms with van der Waals surface area (Å²) in [5.41, 5.74) is 1.38. The summed E-state index contributed by atoms with van der Waals surface area (Å²) in [5, 5.41) is 12.6. The molecule has 0 saturated heterocycles. The number of aliphatic hydroxyl groups is 1. The number of rotatable bonds is 6. The van der Waals surface area contributed by atoms with E-state index in [2.05, 4.69) is 10.3 Å². The second-order valence-electron chi connectivity index (χ2n) is 4.61. The molecule has 0 aliphatic heterocycles. The monoisotopic (exact) mass is 286 g/mol. The van der Waals surface area contributed by atoms with Gasteiger partial charge in [0.2, 0.25) is 5.88 Å². The van der Waals surface area contributed by atoms with Gasteiger partial charge in [0.05, 0.1) is 13.2 Å². The Bertz CT molecular complexity index is 587. The van der Waals surface area contributed by atoms with E-state index >= 15 is 0 Å². The van der Waals surface area contributed by atoms with Crippen molar-refractivity contribution < 1.29 is 14.6 Å². The van der Waals surface area contributed by atoms with E-state index in [9.17, 15) is 9.90 Å². The van der Waals surface area contributed by atoms with Crippen molar-refractivity contribution in [2.24, 2.45) is 0 Å². The van der Waals surface area contributed by atoms with Gasteiger partial charge in [-0.3, -0.25) is 4.79 Å². The van der Waals surface area contributed by atoms with Crippen molar-refractivity contribution in [3.05, 3.63) is 59.8 Å². The van der Waals surface area contributed by atoms with Gasteiger partial charge in [-0.1, -0.05) is 30.3 Å². The van der Waals surface area contributed by atoms with E-state index < -0.39 is 6.10 Å². The van der Waals surface area contributed by atoms with Crippen molar-refractivity contribution in [3.63, 3.8) is 0 Å². The van der Waals surface area contributed by atoms with Crippen LogP contribution in [0.25, 0.3) is 0 Å². The number of benzene rings is 1. The minimum atomic E-state index is -0.640. The number of carbonyl (C=O) groups excluding carboxylic acids is 1. The number of nitrogens with one attached hydrogen (secondary N) is 1. The van der Waals surface area contributed by atoms with Crippen molar-refractivity contribution in [1.82, 2.24) is 10.3 Å². The molecule has 0 radical (unpaired) electrons. The summed E-state index contributed by atoms with van der Waals surface area (Å²) in [6.07, 6.45) is 1.41. The molecule has 5 heteroatoms. The summed E-state index contributed by atoms with van der Waals surface area (Å²) in [5.74, 6) is -0.0420. The maximum absolute atomic E-state index is 12.0. The average molecular weight is 286 g/mol. The van der Waals surface area contributed by atoms with Gasteiger partial charge in [-0.15, -0.1) is 0 Å². The number of amides is 1. The summed E-state index contributed by atoms with van der Waals surface area (Å²) < 4.78 is 5.03. The topological polar surface area (TPSA) is 71.5 Å². The number of hydrogen-bond acceptors (Lipinski definition) is 4. The molecule has 0 aliphatic carbocycles. The van der Waals surface area contributed by atoms with Gasteiger partial charge in [0.1, 0.15) is 5.56 Å². The molecule has 2 aromatic rings. The number of methoxy groups -OCH3 is 1. The Morgan fingerprint density at radius 2 is 2.05 bits per heavy atom. The minimum absolute atomic E-state index is 0.172. The Kier molecular flexibility index (Phi) is 5.29. The molecule has 1 unspecified atom stereocenters. The lowest BCUT2D eigenvalue weighted by Gasteiger charge is -2.13. The van der Waals surface area contributed by atoms with Crippen molar-refractivity contribution >= 4 is 5.91 Å². The molecule has 0 spiro atoms. The van der Waals surface area contributed by atoms with E-state index in [4.69, 9.17) is 4.74 Å². The fourth-order valence-corrected chi connectivity index (χ4v) is 1.99. The smallest absolute Gasteiger partial charge is 0.256 e. The Morgan fingerprint density at radius 3 is 2.76 bits per heavy atom. The summed E-state index contributed by atoms with van der Waals surface area (Å²) in [7, 11) is 1.46. The highest BCUT2D eigenvalue weighted by molar-refractivity contribution is 5.96. The first-order chi connectivity index (χ1) is 10.2. The lowest BCUT2D eigenvalue weighted by Crippen LogP contribution is -2.33. The Balaban J connectivity index is 1.89. The summed E-state index contributed by atoms with van der Waals surface area (Å²) in [4.78, 5) is 16.0. The number of pyridine rings is 1. The van der Waals surface area contributed by atoms with Gasteiger partial charge in [-0.2, -0.15) is 0 Å². The van der Waals surface area contributed by atoms with Crippen molar-refractivity contribution in [2.75, 3.05) is 13.7 Å². The third-order valence-corrected chi connectivity index (χ3v) is 3.02. The van der Waals surface area contributed by atoms with Gasteiger partial charge in [-0.25, -0.2) is 4.98 Å². The van der Waals surface area contributed by atoms with E-state index in [1.807, 2.05) is 30.3 Å². The van der Waals surface area contributed by atoms with E-state index in [1.165, 1.54) is 7.11 Å². The zero-order chi connectivity index (χ0) is 15.1. The molecule has 5 nitrogen and oxygen atoms in total. The van der Waals surface area contributed by atoms with E-state index in [-0.39, 0.29) is 18.3 Å². The zero-order valence-corrected chi connectivity index (χ0v) is 11.8. The van der Waals surface area contributed by atoms with E-state index in [0.29, 0.717) is 12.0 Å². The van der Waals surface area contributed by atoms with Gasteiger partial charge in [-0.05, 0) is 17.7 Å². The first-order valence-corrected chi connectivity index (χ1v) is 6.70. The number of nitrogens with zero attached hydrogens (tertiary/aromatic N) is 1. The maximum atomic E-state index is 12.0. The van der Waals surface area contributed by atoms with Crippen molar-refractivity contribution in [2.45, 2.75) is 12.5 Å². The molecule has 21 heavy (non-hydrogen) atoms. The van der Waals surface area contributed by atoms with Crippen LogP contribution in [0.1, 0.15) is 15.9 Å². The Labute approximate surface area is 123 Å². The van der Waals surface area contributed by atoms with Crippen LogP contribution in [0, 0.1) is 0 Å². The second-order valence-corrected chi connectivity index (χ2v) is 4.61. The quantitative estimate of drug-likeness (QED) is 0.842. The van der Waals surface area contributed by atoms with Crippen LogP contribution < -0.4 is 10.1 Å². The van der Waals surface area contributed by atoms with Gasteiger partial charge >= 0.3 is 0 Å². The minimum Gasteiger partial charge on any atom is -0.480 e. The average Bonchev–Trinajstić information content (AvgIpc) is 2.53. The van der Waals surface area contributed by atoms with Crippen molar-refractivity contribution in [3.8, 4) is 5.88 Å². The van der Waals surface area contributed by atoms with Gasteiger partial charge in [0.15, 0.2) is 0 Å². The molecule has 0 saturated carbocycles. The second kappa shape index (κ2) is 7.40. The third-order valence-electron chi connectivity index (χ3n) is 3.02. The summed E-state index contributed by atoms with van der Waals surface area (Å²) in [6, 6.07) is 12.9. The molecule has 0 fully saturated rings. The van der Waals surface area contributed by atoms with Crippen LogP contribution in [0.15, 0.2) is 48.7 Å². The molecule has 1 heterocycles. The van der Waals surface area contributed by atoms with Crippen LogP contribution in [0.2, 0.25) is 0 Å². The Hall–Kier alpha value is -2.40. The normalized spacial score (nSPS) is 11.7. The number of ether oxygens (including phenoxy) is 1. The van der Waals surface area contributed by atoms with Gasteiger partial charge in [0.25, 0.3) is 5.91 Å². The highest BCUT2D eigenvalue weighted by atomic mass is 16.5. The molecule has 1 aromatic heterocycles. The first kappa shape index (κ1) is 15.0. The lowest BCUT2D eigenvalue weighted by molar-refractivity contribution is 0.0912. The fourth-order valence-electron chi connectivity index (χ4n) is 1.99. The van der Waals surface area contributed by atoms with Crippen LogP contribution in [0.4, 0.5) is 0 Å². The molecule has 0 aliphatic rings. The molecule has 1 aromatic carbocycles. The number of aliphatic hydroxyl groups excluding tert-OH is 1. The summed E-state index contributed by atoms with van der Waals surface area (Å²) in [6.45, 7) is 0.172. The molecule has 0 bridgehead atoms. The maximum Gasteiger partial charge on any atom is 0.256 e. The predicted molar refractivity (Wildman–Crippen MR) is 79.3 cm³/mol. The number of carbonyl (C=O) groups is 1. The standard InChI is InChI=1S/C16H18N2O3/c1-21-16-14(8-5-9-17-16)15(20)18-11-13(19)10-12-6-3-2-4-7-12/h2-9,13,19H,10-11H2,1H3,(H,18,20). The highest BCUT2D eigenvalue weighted by Crippen LogP contribution is 2.13. The molecule has 1 amide bonds. The fraction of sp³-hybridized carbons (Fsp3) is 0.250. The van der Waals surface area contributed by atoms with Crippen LogP contribution in [-0.4, -0.2) is 35.8 Å². The zero-order valence-electron chi connectivity index (χ0n) is 11.8. The lowest BCUT2D eigenvalue weighted by atomic mass is 10.1. The molecule has 2 rings (SSSR count). The Morgan fingerprint density at radius 1 is 1.29 bits per heavy atom. The number of hydrogen-bond donors (Lipinski definition) is 2. The van der Waals surface area contributed by atoms with Gasteiger partial charge in [0, 0.05) is 19.2 Å². The van der Waals surface area contributed by atoms with Crippen LogP contribution in [-0.2, 0) is 6.42 Å². The molecule has 1 atom stereocenters. The van der Waals surface area contributed by atoms with E-state index in [1.54, 1.807) is 18.3 Å². The predicted octanol–water partition coefficient (Wildman–Crippen LogP) is 1.42. The van der Waals surface area contributed by atoms with Crippen LogP contribution >= 0.6 is 0 Å². The summed E-state index contributed by atoms with van der Waals surface area (Å²) >= 11 is 0. The molecular weight excluding hydrogens is 268 g/mol. The largest absolute Gasteiger partial charge is 0.480 e. The number of aromatic nitrogens is 1. The third kappa shape index (κ3) is 4.29. The van der Waals surface area contributed by atoms with Crippen LogP contribution in [0.5, 0.6) is 5.88 Å². The van der Waals surface area contributed by atoms with Gasteiger partial charge < -0.3 is 15.2 Å². The molecular formula is C16H18N2O3.